The summed E-state index contributed by atoms with van der Waals surface area (Å²) in [4.78, 5) is 87.2. The smallest absolute Gasteiger partial charge is 0.303 e. The Hall–Kier alpha value is -5.99. The summed E-state index contributed by atoms with van der Waals surface area (Å²) in [5.74, 6) is -5.83. The van der Waals surface area contributed by atoms with Crippen LogP contribution < -0.4 is 0 Å². The summed E-state index contributed by atoms with van der Waals surface area (Å²) < 4.78 is 69.9. The number of ether oxygens (including phenoxy) is 12. The SMILES string of the molecule is CC(=O)OC[C@H]1O[C@@H](O[C@H]2[C@H](OC(C)=O)[C@@H](OC(C)=O)[C@H](OCCc3cccc4cccc(CCOCc5ccccc5)c34)O[C@@H]2COC(C)=O)[C@H](OC(C)=O)[C@@H](OC(C)=O)[C@@H]1OC(C)=O. The second kappa shape index (κ2) is 24.5. The Morgan fingerprint density at radius 3 is 1.45 bits per heavy atom. The third-order valence-corrected chi connectivity index (χ3v) is 10.2. The van der Waals surface area contributed by atoms with Crippen molar-refractivity contribution in [3.05, 3.63) is 83.4 Å². The largest absolute Gasteiger partial charge is 0.463 e. The van der Waals surface area contributed by atoms with Gasteiger partial charge >= 0.3 is 41.8 Å². The number of carbonyl (C=O) groups excluding carboxylic acids is 7. The summed E-state index contributed by atoms with van der Waals surface area (Å²) in [6, 6.07) is 21.8. The van der Waals surface area contributed by atoms with E-state index in [4.69, 9.17) is 56.8 Å². The van der Waals surface area contributed by atoms with Gasteiger partial charge in [0.25, 0.3) is 0 Å². The molecule has 358 valence electrons. The fourth-order valence-corrected chi connectivity index (χ4v) is 7.76. The molecule has 66 heavy (non-hydrogen) atoms. The third kappa shape index (κ3) is 14.8. The molecule has 0 bridgehead atoms. The molecule has 2 saturated heterocycles. The number of hydrogen-bond acceptors (Lipinski definition) is 19. The van der Waals surface area contributed by atoms with E-state index < -0.39 is 116 Å². The van der Waals surface area contributed by atoms with E-state index in [0.717, 1.165) is 75.9 Å². The predicted octanol–water partition coefficient (Wildman–Crippen LogP) is 3.78. The van der Waals surface area contributed by atoms with Crippen LogP contribution in [0.5, 0.6) is 0 Å². The molecule has 0 aromatic heterocycles. The molecule has 0 spiro atoms. The van der Waals surface area contributed by atoms with Gasteiger partial charge in [0.1, 0.15) is 31.5 Å². The first-order valence-electron chi connectivity index (χ1n) is 21.3. The quantitative estimate of drug-likeness (QED) is 0.0892. The lowest BCUT2D eigenvalue weighted by atomic mass is 9.95. The fourth-order valence-electron chi connectivity index (χ4n) is 7.76. The molecule has 0 saturated carbocycles. The Balaban J connectivity index is 1.46. The molecule has 0 aliphatic carbocycles. The van der Waals surface area contributed by atoms with Crippen LogP contribution in [0, 0.1) is 0 Å². The van der Waals surface area contributed by atoms with Gasteiger partial charge in [-0.3, -0.25) is 33.6 Å². The van der Waals surface area contributed by atoms with E-state index in [1.165, 1.54) is 0 Å². The van der Waals surface area contributed by atoms with E-state index >= 15 is 0 Å². The monoisotopic (exact) mass is 924 g/mol. The summed E-state index contributed by atoms with van der Waals surface area (Å²) in [5.41, 5.74) is 3.06. The van der Waals surface area contributed by atoms with Crippen molar-refractivity contribution in [2.75, 3.05) is 26.4 Å². The lowest BCUT2D eigenvalue weighted by molar-refractivity contribution is -0.361. The minimum atomic E-state index is -1.81. The second-order valence-corrected chi connectivity index (χ2v) is 15.5. The number of benzene rings is 3. The van der Waals surface area contributed by atoms with Crippen LogP contribution in [0.15, 0.2) is 66.7 Å². The highest BCUT2D eigenvalue weighted by atomic mass is 16.8. The van der Waals surface area contributed by atoms with Crippen molar-refractivity contribution in [3.63, 3.8) is 0 Å². The minimum absolute atomic E-state index is 0.0152. The Bertz CT molecular complexity index is 2150. The van der Waals surface area contributed by atoms with E-state index in [0.29, 0.717) is 26.1 Å². The van der Waals surface area contributed by atoms with Crippen LogP contribution >= 0.6 is 0 Å². The van der Waals surface area contributed by atoms with Crippen molar-refractivity contribution in [2.24, 2.45) is 0 Å². The molecule has 2 aliphatic rings. The van der Waals surface area contributed by atoms with Gasteiger partial charge in [0.15, 0.2) is 43.1 Å². The van der Waals surface area contributed by atoms with E-state index in [1.807, 2.05) is 66.7 Å². The molecule has 3 aromatic rings. The summed E-state index contributed by atoms with van der Waals surface area (Å²) in [6.45, 7) is 7.43. The van der Waals surface area contributed by atoms with Gasteiger partial charge in [-0.05, 0) is 40.3 Å². The number of rotatable bonds is 20. The van der Waals surface area contributed by atoms with Crippen LogP contribution in [-0.4, -0.2) is 130 Å². The maximum atomic E-state index is 12.9. The van der Waals surface area contributed by atoms with Crippen LogP contribution in [0.2, 0.25) is 0 Å². The van der Waals surface area contributed by atoms with Crippen molar-refractivity contribution < 1.29 is 90.4 Å². The number of carbonyl (C=O) groups is 7. The lowest BCUT2D eigenvalue weighted by Crippen LogP contribution is -2.67. The van der Waals surface area contributed by atoms with E-state index in [9.17, 15) is 33.6 Å². The molecule has 2 heterocycles. The van der Waals surface area contributed by atoms with Crippen molar-refractivity contribution in [1.29, 1.82) is 0 Å². The molecular weight excluding hydrogens is 868 g/mol. The van der Waals surface area contributed by atoms with Crippen LogP contribution in [0.3, 0.4) is 0 Å². The van der Waals surface area contributed by atoms with Crippen molar-refractivity contribution >= 4 is 52.6 Å². The van der Waals surface area contributed by atoms with E-state index in [1.54, 1.807) is 0 Å². The van der Waals surface area contributed by atoms with Gasteiger partial charge in [-0.2, -0.15) is 0 Å². The number of esters is 7. The van der Waals surface area contributed by atoms with E-state index in [2.05, 4.69) is 0 Å². The Morgan fingerprint density at radius 1 is 0.470 bits per heavy atom. The molecule has 3 aromatic carbocycles. The van der Waals surface area contributed by atoms with Gasteiger partial charge in [0.2, 0.25) is 0 Å². The first-order valence-corrected chi connectivity index (χ1v) is 21.3. The average molecular weight is 925 g/mol. The molecule has 0 unspecified atom stereocenters. The molecule has 2 fully saturated rings. The topological polar surface area (TPSA) is 230 Å². The molecular formula is C47H56O19. The standard InChI is InChI=1S/C47H56O19/c1-26(48)57-24-37-40(59-28(3)50)42(60-29(4)51)45(63-32(7)54)47(65-37)66-41-38(25-58-27(2)49)64-46(44(62-31(6)53)43(41)61-30(5)52)56-22-20-36-18-12-16-34-15-11-17-35(39(34)36)19-21-55-23-33-13-9-8-10-14-33/h8-18,37-38,40-47H,19-25H2,1-7H3/t37-,38-,40-,41-,42+,43+,44-,45-,46-,47+/m1/s1. The first-order chi connectivity index (χ1) is 31.5. The van der Waals surface area contributed by atoms with Gasteiger partial charge in [0, 0.05) is 48.5 Å². The molecule has 10 atom stereocenters. The van der Waals surface area contributed by atoms with Crippen molar-refractivity contribution in [3.8, 4) is 0 Å². The lowest BCUT2D eigenvalue weighted by Gasteiger charge is -2.48. The van der Waals surface area contributed by atoms with Crippen LogP contribution in [0.25, 0.3) is 10.8 Å². The maximum absolute atomic E-state index is 12.9. The Kier molecular flexibility index (Phi) is 18.9. The van der Waals surface area contributed by atoms with Crippen LogP contribution in [0.1, 0.15) is 65.2 Å². The van der Waals surface area contributed by atoms with Crippen molar-refractivity contribution in [1.82, 2.24) is 0 Å². The van der Waals surface area contributed by atoms with Crippen LogP contribution in [0.4, 0.5) is 0 Å². The normalized spacial score (nSPS) is 24.9. The summed E-state index contributed by atoms with van der Waals surface area (Å²) in [5, 5.41) is 2.01. The van der Waals surface area contributed by atoms with Gasteiger partial charge in [-0.15, -0.1) is 0 Å². The van der Waals surface area contributed by atoms with Crippen LogP contribution in [-0.2, 0) is 110 Å². The zero-order valence-corrected chi connectivity index (χ0v) is 37.8. The Morgan fingerprint density at radius 2 is 0.924 bits per heavy atom. The fraction of sp³-hybridized carbons (Fsp3) is 0.511. The van der Waals surface area contributed by atoms with E-state index in [-0.39, 0.29) is 6.61 Å². The minimum Gasteiger partial charge on any atom is -0.463 e. The average Bonchev–Trinajstić information content (AvgIpc) is 3.24. The molecule has 19 nitrogen and oxygen atoms in total. The highest BCUT2D eigenvalue weighted by Gasteiger charge is 2.57. The highest BCUT2D eigenvalue weighted by Crippen LogP contribution is 2.36. The third-order valence-electron chi connectivity index (χ3n) is 10.2. The molecule has 0 N–H and O–H groups in total. The molecule has 19 heteroatoms. The summed E-state index contributed by atoms with van der Waals surface area (Å²) in [6.07, 6.45) is -14.7. The number of fused-ring (bicyclic) bond motifs is 1. The number of hydrogen-bond donors (Lipinski definition) is 0. The molecule has 2 aliphatic heterocycles. The van der Waals surface area contributed by atoms with Gasteiger partial charge < -0.3 is 56.8 Å². The zero-order chi connectivity index (χ0) is 47.9. The second-order valence-electron chi connectivity index (χ2n) is 15.5. The first kappa shape index (κ1) is 51.0. The van der Waals surface area contributed by atoms with Gasteiger partial charge in [0.05, 0.1) is 19.8 Å². The highest BCUT2D eigenvalue weighted by molar-refractivity contribution is 5.89. The molecule has 5 rings (SSSR count). The maximum Gasteiger partial charge on any atom is 0.303 e. The predicted molar refractivity (Wildman–Crippen MR) is 227 cm³/mol. The van der Waals surface area contributed by atoms with Gasteiger partial charge in [-0.25, -0.2) is 0 Å². The molecule has 0 amide bonds. The zero-order valence-electron chi connectivity index (χ0n) is 37.8. The Labute approximate surface area is 381 Å². The molecule has 0 radical (unpaired) electrons. The summed E-state index contributed by atoms with van der Waals surface area (Å²) in [7, 11) is 0. The summed E-state index contributed by atoms with van der Waals surface area (Å²) >= 11 is 0. The van der Waals surface area contributed by atoms with Gasteiger partial charge in [-0.1, -0.05) is 66.7 Å². The van der Waals surface area contributed by atoms with Crippen molar-refractivity contribution in [2.45, 2.75) is 129 Å².